The lowest BCUT2D eigenvalue weighted by Gasteiger charge is -2.15. The van der Waals surface area contributed by atoms with Crippen molar-refractivity contribution in [3.05, 3.63) is 16.1 Å². The lowest BCUT2D eigenvalue weighted by Crippen LogP contribution is -2.18. The smallest absolute Gasteiger partial charge is 0.224 e. The van der Waals surface area contributed by atoms with Gasteiger partial charge in [-0.2, -0.15) is 0 Å². The van der Waals surface area contributed by atoms with Crippen LogP contribution in [0.5, 0.6) is 0 Å². The zero-order valence-electron chi connectivity index (χ0n) is 7.00. The van der Waals surface area contributed by atoms with Crippen molar-refractivity contribution < 1.29 is 8.42 Å². The Hall–Kier alpha value is -0.390. The van der Waals surface area contributed by atoms with Gasteiger partial charge in [0.2, 0.25) is 5.28 Å². The molecule has 76 valence electrons. The normalized spacial score (nSPS) is 19.0. The Kier molecular flexibility index (Phi) is 2.41. The van der Waals surface area contributed by atoms with Crippen LogP contribution < -0.4 is 0 Å². The molecule has 2 heterocycles. The molecule has 1 aliphatic rings. The molecule has 0 saturated heterocycles. The van der Waals surface area contributed by atoms with E-state index in [4.69, 9.17) is 23.2 Å². The van der Waals surface area contributed by atoms with E-state index in [1.165, 1.54) is 0 Å². The molecule has 0 amide bonds. The fourth-order valence-corrected chi connectivity index (χ4v) is 3.76. The number of hydrogen-bond donors (Lipinski definition) is 0. The fourth-order valence-electron chi connectivity index (χ4n) is 1.45. The SMILES string of the molecule is O=S1(=O)CCCc2nc(Cl)nc(Cl)c21. The largest absolute Gasteiger partial charge is 0.224 e. The highest BCUT2D eigenvalue weighted by Crippen LogP contribution is 2.29. The van der Waals surface area contributed by atoms with Crippen LogP contribution in [-0.4, -0.2) is 24.1 Å². The molecule has 0 bridgehead atoms. The standard InChI is InChI=1S/C7H6Cl2N2O2S/c8-6-5-4(10-7(9)11-6)2-1-3-14(5,12)13/h1-3H2. The van der Waals surface area contributed by atoms with E-state index in [1.54, 1.807) is 0 Å². The van der Waals surface area contributed by atoms with Gasteiger partial charge in [-0.25, -0.2) is 18.4 Å². The van der Waals surface area contributed by atoms with Crippen molar-refractivity contribution in [1.82, 2.24) is 9.97 Å². The van der Waals surface area contributed by atoms with Gasteiger partial charge in [-0.15, -0.1) is 0 Å². The molecule has 0 radical (unpaired) electrons. The Morgan fingerprint density at radius 1 is 1.21 bits per heavy atom. The molecular weight excluding hydrogens is 247 g/mol. The van der Waals surface area contributed by atoms with E-state index in [0.717, 1.165) is 0 Å². The van der Waals surface area contributed by atoms with E-state index in [0.29, 0.717) is 18.5 Å². The number of hydrogen-bond acceptors (Lipinski definition) is 4. The second-order valence-corrected chi connectivity index (χ2v) is 5.72. The van der Waals surface area contributed by atoms with Gasteiger partial charge in [-0.3, -0.25) is 0 Å². The van der Waals surface area contributed by atoms with Crippen LogP contribution in [0.25, 0.3) is 0 Å². The van der Waals surface area contributed by atoms with Gasteiger partial charge >= 0.3 is 0 Å². The number of aromatic nitrogens is 2. The predicted octanol–water partition coefficient (Wildman–Crippen LogP) is 1.50. The van der Waals surface area contributed by atoms with Gasteiger partial charge in [0.1, 0.15) is 4.90 Å². The Labute approximate surface area is 91.2 Å². The van der Waals surface area contributed by atoms with Gasteiger partial charge in [0.25, 0.3) is 0 Å². The minimum Gasteiger partial charge on any atom is -0.224 e. The van der Waals surface area contributed by atoms with E-state index in [1.807, 2.05) is 0 Å². The molecule has 14 heavy (non-hydrogen) atoms. The van der Waals surface area contributed by atoms with Gasteiger partial charge in [-0.1, -0.05) is 11.6 Å². The minimum absolute atomic E-state index is 0.00847. The molecule has 0 aromatic carbocycles. The quantitative estimate of drug-likeness (QED) is 0.519. The van der Waals surface area contributed by atoms with Crippen LogP contribution in [0.15, 0.2) is 4.90 Å². The summed E-state index contributed by atoms with van der Waals surface area (Å²) < 4.78 is 23.2. The number of fused-ring (bicyclic) bond motifs is 1. The number of halogens is 2. The highest BCUT2D eigenvalue weighted by Gasteiger charge is 2.28. The number of nitrogens with zero attached hydrogens (tertiary/aromatic N) is 2. The molecule has 7 heteroatoms. The van der Waals surface area contributed by atoms with E-state index in [9.17, 15) is 8.42 Å². The molecular formula is C7H6Cl2N2O2S. The maximum Gasteiger partial charge on any atom is 0.224 e. The van der Waals surface area contributed by atoms with Crippen LogP contribution in [0.4, 0.5) is 0 Å². The average molecular weight is 253 g/mol. The second kappa shape index (κ2) is 3.32. The van der Waals surface area contributed by atoms with Gasteiger partial charge in [0.05, 0.1) is 11.4 Å². The summed E-state index contributed by atoms with van der Waals surface area (Å²) in [5.74, 6) is 0.102. The first-order chi connectivity index (χ1) is 6.50. The van der Waals surface area contributed by atoms with Crippen LogP contribution >= 0.6 is 23.2 Å². The summed E-state index contributed by atoms with van der Waals surface area (Å²) in [6.45, 7) is 0. The van der Waals surface area contributed by atoms with E-state index >= 15 is 0 Å². The van der Waals surface area contributed by atoms with Crippen molar-refractivity contribution in [3.8, 4) is 0 Å². The molecule has 0 unspecified atom stereocenters. The van der Waals surface area contributed by atoms with Gasteiger partial charge in [0, 0.05) is 0 Å². The lowest BCUT2D eigenvalue weighted by molar-refractivity contribution is 0.583. The van der Waals surface area contributed by atoms with Crippen molar-refractivity contribution in [1.29, 1.82) is 0 Å². The van der Waals surface area contributed by atoms with Crippen LogP contribution in [0.1, 0.15) is 12.1 Å². The van der Waals surface area contributed by atoms with Crippen LogP contribution in [-0.2, 0) is 16.3 Å². The predicted molar refractivity (Wildman–Crippen MR) is 52.4 cm³/mol. The monoisotopic (exact) mass is 252 g/mol. The molecule has 1 aliphatic heterocycles. The van der Waals surface area contributed by atoms with Crippen molar-refractivity contribution in [2.75, 3.05) is 5.75 Å². The zero-order chi connectivity index (χ0) is 10.3. The third-order valence-corrected chi connectivity index (χ3v) is 4.44. The van der Waals surface area contributed by atoms with Crippen LogP contribution in [0.2, 0.25) is 10.4 Å². The number of aryl methyl sites for hydroxylation is 1. The van der Waals surface area contributed by atoms with E-state index < -0.39 is 9.84 Å². The molecule has 0 spiro atoms. The first-order valence-electron chi connectivity index (χ1n) is 3.95. The zero-order valence-corrected chi connectivity index (χ0v) is 9.32. The maximum atomic E-state index is 11.6. The lowest BCUT2D eigenvalue weighted by atomic mass is 10.2. The van der Waals surface area contributed by atoms with Gasteiger partial charge in [0.15, 0.2) is 15.0 Å². The first kappa shape index (κ1) is 10.1. The van der Waals surface area contributed by atoms with E-state index in [2.05, 4.69) is 9.97 Å². The molecule has 4 nitrogen and oxygen atoms in total. The molecule has 0 atom stereocenters. The molecule has 0 N–H and O–H groups in total. The van der Waals surface area contributed by atoms with Crippen molar-refractivity contribution in [2.24, 2.45) is 0 Å². The molecule has 1 aromatic heterocycles. The summed E-state index contributed by atoms with van der Waals surface area (Å²) in [7, 11) is -3.31. The number of sulfone groups is 1. The number of rotatable bonds is 0. The maximum absolute atomic E-state index is 11.6. The van der Waals surface area contributed by atoms with Gasteiger partial charge < -0.3 is 0 Å². The summed E-state index contributed by atoms with van der Waals surface area (Å²) in [6.07, 6.45) is 1.13. The summed E-state index contributed by atoms with van der Waals surface area (Å²) >= 11 is 11.3. The summed E-state index contributed by atoms with van der Waals surface area (Å²) in [5, 5.41) is -0.0782. The van der Waals surface area contributed by atoms with Crippen molar-refractivity contribution in [2.45, 2.75) is 17.7 Å². The Balaban J connectivity index is 2.76. The van der Waals surface area contributed by atoms with Crippen LogP contribution in [0.3, 0.4) is 0 Å². The molecule has 0 fully saturated rings. The highest BCUT2D eigenvalue weighted by atomic mass is 35.5. The van der Waals surface area contributed by atoms with E-state index in [-0.39, 0.29) is 21.1 Å². The molecule has 0 saturated carbocycles. The first-order valence-corrected chi connectivity index (χ1v) is 6.36. The Bertz CT molecular complexity index is 487. The topological polar surface area (TPSA) is 59.9 Å². The molecule has 0 aliphatic carbocycles. The summed E-state index contributed by atoms with van der Waals surface area (Å²) in [6, 6.07) is 0. The Morgan fingerprint density at radius 3 is 2.64 bits per heavy atom. The third-order valence-electron chi connectivity index (χ3n) is 2.00. The second-order valence-electron chi connectivity index (χ2n) is 2.98. The minimum atomic E-state index is -3.31. The average Bonchev–Trinajstić information content (AvgIpc) is 2.00. The molecule has 1 aromatic rings. The fraction of sp³-hybridized carbons (Fsp3) is 0.429. The summed E-state index contributed by atoms with van der Waals surface area (Å²) in [5.41, 5.74) is 0.432. The van der Waals surface area contributed by atoms with Gasteiger partial charge in [-0.05, 0) is 24.4 Å². The van der Waals surface area contributed by atoms with Crippen molar-refractivity contribution in [3.63, 3.8) is 0 Å². The van der Waals surface area contributed by atoms with Crippen molar-refractivity contribution >= 4 is 33.0 Å². The highest BCUT2D eigenvalue weighted by molar-refractivity contribution is 7.91. The Morgan fingerprint density at radius 2 is 1.93 bits per heavy atom. The van der Waals surface area contributed by atoms with Crippen LogP contribution in [0, 0.1) is 0 Å². The summed E-state index contributed by atoms with van der Waals surface area (Å²) in [4.78, 5) is 7.53. The molecule has 2 rings (SSSR count). The third kappa shape index (κ3) is 1.60.